The van der Waals surface area contributed by atoms with Crippen LogP contribution in [0.15, 0.2) is 29.4 Å². The van der Waals surface area contributed by atoms with Crippen molar-refractivity contribution in [3.8, 4) is 0 Å². The van der Waals surface area contributed by atoms with Crippen LogP contribution in [0.4, 0.5) is 0 Å². The highest BCUT2D eigenvalue weighted by Gasteiger charge is 2.46. The highest BCUT2D eigenvalue weighted by molar-refractivity contribution is 6.07. The maximum atomic E-state index is 12.8. The van der Waals surface area contributed by atoms with Crippen LogP contribution in [-0.2, 0) is 19.2 Å². The number of rotatable bonds is 8. The SMILES string of the molecule is [CH2]C(=O)C(CC(=O)O)NC(=O)C1(CC)CC(c2ccccc2C(C)C)=NO1. The van der Waals surface area contributed by atoms with Gasteiger partial charge in [0.05, 0.1) is 18.2 Å². The standard InChI is InChI=1S/C20H25N2O5/c1-5-20(19(26)21-16(13(4)23)10-18(24)25)11-17(22-27-20)15-9-7-6-8-14(15)12(2)3/h6-9,12,16H,4-5,10-11H2,1-3H3,(H,21,26)(H,24,25). The summed E-state index contributed by atoms with van der Waals surface area (Å²) in [5, 5.41) is 15.5. The number of Topliss-reactive ketones (excluding diaryl/α,β-unsaturated/α-hetero) is 1. The van der Waals surface area contributed by atoms with E-state index in [1.807, 2.05) is 24.3 Å². The normalized spacial score (nSPS) is 20.0. The molecule has 1 heterocycles. The molecule has 0 spiro atoms. The van der Waals surface area contributed by atoms with Gasteiger partial charge in [0, 0.05) is 18.9 Å². The van der Waals surface area contributed by atoms with E-state index < -0.39 is 35.7 Å². The van der Waals surface area contributed by atoms with Crippen molar-refractivity contribution in [1.29, 1.82) is 0 Å². The zero-order chi connectivity index (χ0) is 20.2. The summed E-state index contributed by atoms with van der Waals surface area (Å²) in [5.41, 5.74) is 1.41. The second kappa shape index (κ2) is 8.33. The van der Waals surface area contributed by atoms with Gasteiger partial charge in [0.1, 0.15) is 0 Å². The van der Waals surface area contributed by atoms with Gasteiger partial charge in [-0.3, -0.25) is 14.4 Å². The molecule has 1 aliphatic rings. The number of nitrogens with zero attached hydrogens (tertiary/aromatic N) is 1. The average Bonchev–Trinajstić information content (AvgIpc) is 3.06. The summed E-state index contributed by atoms with van der Waals surface area (Å²) >= 11 is 0. The molecule has 1 aromatic carbocycles. The zero-order valence-electron chi connectivity index (χ0n) is 15.8. The number of hydrogen-bond donors (Lipinski definition) is 2. The molecule has 0 saturated carbocycles. The van der Waals surface area contributed by atoms with Crippen molar-refractivity contribution < 1.29 is 24.3 Å². The molecule has 1 aromatic rings. The number of aliphatic carboxylic acids is 1. The van der Waals surface area contributed by atoms with Crippen molar-refractivity contribution in [3.63, 3.8) is 0 Å². The number of ketones is 1. The molecule has 1 amide bonds. The quantitative estimate of drug-likeness (QED) is 0.728. The maximum Gasteiger partial charge on any atom is 0.305 e. The lowest BCUT2D eigenvalue weighted by Gasteiger charge is -2.26. The molecular formula is C20H25N2O5. The minimum absolute atomic E-state index is 0.240. The Balaban J connectivity index is 2.22. The first-order valence-corrected chi connectivity index (χ1v) is 8.93. The minimum Gasteiger partial charge on any atom is -0.481 e. The molecule has 0 aliphatic carbocycles. The van der Waals surface area contributed by atoms with E-state index in [0.29, 0.717) is 12.1 Å². The third kappa shape index (κ3) is 4.53. The number of amides is 1. The third-order valence-corrected chi connectivity index (χ3v) is 4.73. The number of nitrogens with one attached hydrogen (secondary N) is 1. The van der Waals surface area contributed by atoms with E-state index in [1.165, 1.54) is 0 Å². The van der Waals surface area contributed by atoms with Crippen LogP contribution in [0.1, 0.15) is 57.1 Å². The summed E-state index contributed by atoms with van der Waals surface area (Å²) in [6.45, 7) is 9.16. The molecule has 1 radical (unpaired) electrons. The van der Waals surface area contributed by atoms with Gasteiger partial charge < -0.3 is 15.3 Å². The highest BCUT2D eigenvalue weighted by Crippen LogP contribution is 2.33. The molecular weight excluding hydrogens is 348 g/mol. The first-order valence-electron chi connectivity index (χ1n) is 8.93. The average molecular weight is 373 g/mol. The lowest BCUT2D eigenvalue weighted by Crippen LogP contribution is -2.52. The molecule has 2 N–H and O–H groups in total. The van der Waals surface area contributed by atoms with E-state index in [1.54, 1.807) is 6.92 Å². The Kier molecular flexibility index (Phi) is 6.36. The van der Waals surface area contributed by atoms with E-state index in [-0.39, 0.29) is 12.3 Å². The molecule has 0 saturated heterocycles. The predicted octanol–water partition coefficient (Wildman–Crippen LogP) is 2.45. The molecule has 7 heteroatoms. The van der Waals surface area contributed by atoms with Crippen LogP contribution in [0.2, 0.25) is 0 Å². The summed E-state index contributed by atoms with van der Waals surface area (Å²) in [6.07, 6.45) is 0.0305. The van der Waals surface area contributed by atoms with Crippen LogP contribution in [-0.4, -0.2) is 40.1 Å². The van der Waals surface area contributed by atoms with Crippen molar-refractivity contribution >= 4 is 23.4 Å². The summed E-state index contributed by atoms with van der Waals surface area (Å²) in [4.78, 5) is 40.8. The van der Waals surface area contributed by atoms with Crippen LogP contribution in [0.25, 0.3) is 0 Å². The Bertz CT molecular complexity index is 771. The number of oxime groups is 1. The summed E-state index contributed by atoms with van der Waals surface area (Å²) < 4.78 is 0. The van der Waals surface area contributed by atoms with Gasteiger partial charge in [-0.25, -0.2) is 0 Å². The molecule has 1 aliphatic heterocycles. The molecule has 2 rings (SSSR count). The fourth-order valence-electron chi connectivity index (χ4n) is 3.07. The second-order valence-corrected chi connectivity index (χ2v) is 6.99. The molecule has 2 atom stereocenters. The Morgan fingerprint density at radius 3 is 2.56 bits per heavy atom. The molecule has 0 aromatic heterocycles. The van der Waals surface area contributed by atoms with Gasteiger partial charge in [0.25, 0.3) is 5.91 Å². The van der Waals surface area contributed by atoms with Crippen molar-refractivity contribution in [2.24, 2.45) is 5.16 Å². The number of carbonyl (C=O) groups excluding carboxylic acids is 2. The van der Waals surface area contributed by atoms with E-state index in [0.717, 1.165) is 11.1 Å². The number of hydrogen-bond acceptors (Lipinski definition) is 5. The van der Waals surface area contributed by atoms with Crippen LogP contribution < -0.4 is 5.32 Å². The van der Waals surface area contributed by atoms with Gasteiger partial charge in [-0.05, 0) is 17.9 Å². The second-order valence-electron chi connectivity index (χ2n) is 6.99. The van der Waals surface area contributed by atoms with E-state index >= 15 is 0 Å². The van der Waals surface area contributed by atoms with Gasteiger partial charge in [0.15, 0.2) is 5.78 Å². The summed E-state index contributed by atoms with van der Waals surface area (Å²) in [6, 6.07) is 6.60. The third-order valence-electron chi connectivity index (χ3n) is 4.73. The van der Waals surface area contributed by atoms with E-state index in [4.69, 9.17) is 9.94 Å². The Morgan fingerprint density at radius 2 is 2.00 bits per heavy atom. The molecule has 0 bridgehead atoms. The van der Waals surface area contributed by atoms with Gasteiger partial charge in [-0.2, -0.15) is 0 Å². The number of carboxylic acids is 1. The van der Waals surface area contributed by atoms with Gasteiger partial charge >= 0.3 is 5.97 Å². The van der Waals surface area contributed by atoms with Crippen molar-refractivity contribution in [3.05, 3.63) is 42.3 Å². The monoisotopic (exact) mass is 373 g/mol. The smallest absolute Gasteiger partial charge is 0.305 e. The topological polar surface area (TPSA) is 105 Å². The van der Waals surface area contributed by atoms with Gasteiger partial charge in [0.2, 0.25) is 5.60 Å². The molecule has 0 fully saturated rings. The largest absolute Gasteiger partial charge is 0.481 e. The van der Waals surface area contributed by atoms with Crippen LogP contribution in [0.5, 0.6) is 0 Å². The maximum absolute atomic E-state index is 12.8. The fourth-order valence-corrected chi connectivity index (χ4v) is 3.07. The van der Waals surface area contributed by atoms with Crippen molar-refractivity contribution in [2.75, 3.05) is 0 Å². The van der Waals surface area contributed by atoms with Gasteiger partial charge in [-0.1, -0.05) is 50.2 Å². The Labute approximate surface area is 158 Å². The summed E-state index contributed by atoms with van der Waals surface area (Å²) in [7, 11) is 0. The Morgan fingerprint density at radius 1 is 1.33 bits per heavy atom. The number of carbonyl (C=O) groups is 3. The first-order chi connectivity index (χ1) is 12.7. The predicted molar refractivity (Wildman–Crippen MR) is 100 cm³/mol. The zero-order valence-corrected chi connectivity index (χ0v) is 15.8. The van der Waals surface area contributed by atoms with Crippen molar-refractivity contribution in [1.82, 2.24) is 5.32 Å². The van der Waals surface area contributed by atoms with Crippen LogP contribution in [0.3, 0.4) is 0 Å². The molecule has 7 nitrogen and oxygen atoms in total. The minimum atomic E-state index is -1.27. The lowest BCUT2D eigenvalue weighted by atomic mass is 9.87. The van der Waals surface area contributed by atoms with Crippen LogP contribution in [0, 0.1) is 6.92 Å². The van der Waals surface area contributed by atoms with E-state index in [2.05, 4.69) is 31.2 Å². The molecule has 145 valence electrons. The molecule has 2 unspecified atom stereocenters. The Hall–Kier alpha value is -2.70. The molecule has 27 heavy (non-hydrogen) atoms. The number of carboxylic acid groups (broad SMARTS) is 1. The van der Waals surface area contributed by atoms with Gasteiger partial charge in [-0.15, -0.1) is 0 Å². The van der Waals surface area contributed by atoms with Crippen molar-refractivity contribution in [2.45, 2.75) is 57.6 Å². The van der Waals surface area contributed by atoms with Crippen LogP contribution >= 0.6 is 0 Å². The summed E-state index contributed by atoms with van der Waals surface area (Å²) in [5.74, 6) is -2.15. The lowest BCUT2D eigenvalue weighted by molar-refractivity contribution is -0.147. The van der Waals surface area contributed by atoms with E-state index in [9.17, 15) is 14.4 Å². The fraction of sp³-hybridized carbons (Fsp3) is 0.450. The highest BCUT2D eigenvalue weighted by atomic mass is 16.7. The number of benzene rings is 1. The first kappa shape index (κ1) is 20.6.